The lowest BCUT2D eigenvalue weighted by molar-refractivity contribution is -0.117. The Morgan fingerprint density at radius 1 is 1.06 bits per heavy atom. The number of aromatic hydroxyl groups is 1. The second-order valence-electron chi connectivity index (χ2n) is 7.39. The second-order valence-corrected chi connectivity index (χ2v) is 9.47. The zero-order chi connectivity index (χ0) is 24.7. The molecule has 3 aromatic rings. The number of rotatable bonds is 7. The van der Waals surface area contributed by atoms with Crippen molar-refractivity contribution in [3.8, 4) is 5.75 Å². The Kier molecular flexibility index (Phi) is 8.83. The average Bonchev–Trinajstić information content (AvgIpc) is 2.82. The molecule has 7 nitrogen and oxygen atoms in total. The first-order valence-electron chi connectivity index (χ1n) is 10.1. The zero-order valence-electron chi connectivity index (χ0n) is 18.4. The summed E-state index contributed by atoms with van der Waals surface area (Å²) in [7, 11) is 3.87. The van der Waals surface area contributed by atoms with Crippen molar-refractivity contribution in [2.24, 2.45) is 5.10 Å². The van der Waals surface area contributed by atoms with Gasteiger partial charge in [-0.25, -0.2) is 5.43 Å². The van der Waals surface area contributed by atoms with Gasteiger partial charge in [-0.3, -0.25) is 9.59 Å². The molecule has 9 heteroatoms. The van der Waals surface area contributed by atoms with E-state index in [4.69, 9.17) is 0 Å². The number of phenols is 1. The van der Waals surface area contributed by atoms with Crippen LogP contribution in [0.3, 0.4) is 0 Å². The summed E-state index contributed by atoms with van der Waals surface area (Å²) >= 11 is 5.37. The molecule has 0 saturated carbocycles. The lowest BCUT2D eigenvalue weighted by Gasteiger charge is -2.12. The molecule has 0 aliphatic rings. The number of carbonyl (C=O) groups excluding carboxylic acids is 2. The summed E-state index contributed by atoms with van der Waals surface area (Å²) in [6.45, 7) is 0. The van der Waals surface area contributed by atoms with Crippen molar-refractivity contribution < 1.29 is 14.7 Å². The lowest BCUT2D eigenvalue weighted by atomic mass is 10.1. The van der Waals surface area contributed by atoms with Gasteiger partial charge in [0.05, 0.1) is 9.78 Å². The van der Waals surface area contributed by atoms with E-state index in [2.05, 4.69) is 31.8 Å². The van der Waals surface area contributed by atoms with Crippen LogP contribution in [-0.2, 0) is 4.79 Å². The predicted molar refractivity (Wildman–Crippen MR) is 147 cm³/mol. The largest absolute Gasteiger partial charge is 0.506 e. The molecule has 0 heterocycles. The maximum absolute atomic E-state index is 12.9. The predicted octanol–water partition coefficient (Wildman–Crippen LogP) is 4.75. The Balaban J connectivity index is 1.84. The molecule has 3 N–H and O–H groups in total. The van der Waals surface area contributed by atoms with Crippen LogP contribution in [0.5, 0.6) is 5.75 Å². The van der Waals surface area contributed by atoms with E-state index in [1.165, 1.54) is 6.21 Å². The molecule has 0 aliphatic carbocycles. The van der Waals surface area contributed by atoms with Gasteiger partial charge in [0.25, 0.3) is 11.8 Å². The Hall–Kier alpha value is -3.18. The van der Waals surface area contributed by atoms with Gasteiger partial charge >= 0.3 is 0 Å². The lowest BCUT2D eigenvalue weighted by Crippen LogP contribution is -2.32. The minimum absolute atomic E-state index is 0.0247. The average molecular weight is 633 g/mol. The van der Waals surface area contributed by atoms with Crippen LogP contribution in [0, 0.1) is 3.57 Å². The number of phenolic OH excluding ortho intramolecular Hbond substituents is 1. The molecule has 0 unspecified atom stereocenters. The molecule has 0 radical (unpaired) electrons. The zero-order valence-corrected chi connectivity index (χ0v) is 22.2. The molecule has 0 aliphatic heterocycles. The van der Waals surface area contributed by atoms with Crippen molar-refractivity contribution in [3.63, 3.8) is 0 Å². The third kappa shape index (κ3) is 6.91. The number of hydrogen-bond donors (Lipinski definition) is 3. The number of amides is 2. The molecule has 174 valence electrons. The maximum Gasteiger partial charge on any atom is 0.287 e. The third-order valence-electron chi connectivity index (χ3n) is 4.68. The van der Waals surface area contributed by atoms with Crippen LogP contribution in [0.15, 0.2) is 82.0 Å². The molecule has 0 saturated heterocycles. The number of anilines is 1. The molecular weight excluding hydrogens is 611 g/mol. The topological polar surface area (TPSA) is 94.0 Å². The summed E-state index contributed by atoms with van der Waals surface area (Å²) in [5, 5.41) is 16.8. The summed E-state index contributed by atoms with van der Waals surface area (Å²) in [4.78, 5) is 27.6. The normalized spacial score (nSPS) is 11.4. The smallest absolute Gasteiger partial charge is 0.287 e. The molecule has 0 atom stereocenters. The molecule has 34 heavy (non-hydrogen) atoms. The van der Waals surface area contributed by atoms with Gasteiger partial charge in [-0.05, 0) is 70.6 Å². The van der Waals surface area contributed by atoms with E-state index in [0.29, 0.717) is 14.7 Å². The minimum Gasteiger partial charge on any atom is -0.506 e. The first-order valence-corrected chi connectivity index (χ1v) is 12.0. The van der Waals surface area contributed by atoms with Crippen LogP contribution >= 0.6 is 38.5 Å². The van der Waals surface area contributed by atoms with Gasteiger partial charge < -0.3 is 15.3 Å². The monoisotopic (exact) mass is 632 g/mol. The number of benzene rings is 3. The van der Waals surface area contributed by atoms with Crippen molar-refractivity contribution in [2.45, 2.75) is 0 Å². The van der Waals surface area contributed by atoms with E-state index in [9.17, 15) is 14.7 Å². The standard InChI is InChI=1S/C25H22BrIN4O3/c1-31(2)20-10-8-16(9-11-20)12-22(29-24(33)17-6-4-3-5-7-17)25(34)30-28-15-18-13-19(26)14-21(27)23(18)32/h3-15,32H,1-2H3,(H,29,33)(H,30,34)/b22-12-,28-15-. The van der Waals surface area contributed by atoms with Gasteiger partial charge in [0.1, 0.15) is 11.4 Å². The van der Waals surface area contributed by atoms with E-state index in [1.54, 1.807) is 48.5 Å². The molecule has 0 bridgehead atoms. The summed E-state index contributed by atoms with van der Waals surface area (Å²) in [6, 6.07) is 19.6. The van der Waals surface area contributed by atoms with Crippen LogP contribution in [0.25, 0.3) is 6.08 Å². The molecule has 0 aromatic heterocycles. The Labute approximate surface area is 219 Å². The van der Waals surface area contributed by atoms with Gasteiger partial charge in [0.2, 0.25) is 0 Å². The first-order chi connectivity index (χ1) is 16.2. The number of nitrogens with one attached hydrogen (secondary N) is 2. The van der Waals surface area contributed by atoms with Crippen LogP contribution in [0.4, 0.5) is 5.69 Å². The Morgan fingerprint density at radius 3 is 2.38 bits per heavy atom. The van der Waals surface area contributed by atoms with Gasteiger partial charge in [-0.1, -0.05) is 46.3 Å². The highest BCUT2D eigenvalue weighted by atomic mass is 127. The highest BCUT2D eigenvalue weighted by molar-refractivity contribution is 14.1. The minimum atomic E-state index is -0.610. The summed E-state index contributed by atoms with van der Waals surface area (Å²) < 4.78 is 1.40. The fraction of sp³-hybridized carbons (Fsp3) is 0.0800. The highest BCUT2D eigenvalue weighted by Crippen LogP contribution is 2.27. The second kappa shape index (κ2) is 11.8. The number of hydrazone groups is 1. The van der Waals surface area contributed by atoms with Crippen molar-refractivity contribution in [3.05, 3.63) is 97.2 Å². The van der Waals surface area contributed by atoms with Crippen LogP contribution in [0.1, 0.15) is 21.5 Å². The Bertz CT molecular complexity index is 1240. The number of nitrogens with zero attached hydrogens (tertiary/aromatic N) is 2. The van der Waals surface area contributed by atoms with Gasteiger partial charge in [-0.2, -0.15) is 5.10 Å². The maximum atomic E-state index is 12.9. The SMILES string of the molecule is CN(C)c1ccc(/C=C(\NC(=O)c2ccccc2)C(=O)N/N=C\c2cc(Br)cc(I)c2O)cc1. The molecule has 2 amide bonds. The Morgan fingerprint density at radius 2 is 1.74 bits per heavy atom. The van der Waals surface area contributed by atoms with Crippen molar-refractivity contribution in [2.75, 3.05) is 19.0 Å². The van der Waals surface area contributed by atoms with E-state index in [1.807, 2.05) is 65.9 Å². The van der Waals surface area contributed by atoms with E-state index in [0.717, 1.165) is 15.7 Å². The first kappa shape index (κ1) is 25.4. The molecular formula is C25H22BrIN4O3. The highest BCUT2D eigenvalue weighted by Gasteiger charge is 2.14. The number of carbonyl (C=O) groups is 2. The van der Waals surface area contributed by atoms with Crippen molar-refractivity contribution in [1.82, 2.24) is 10.7 Å². The van der Waals surface area contributed by atoms with Crippen LogP contribution < -0.4 is 15.6 Å². The molecule has 0 fully saturated rings. The number of halogens is 2. The summed E-state index contributed by atoms with van der Waals surface area (Å²) in [5.41, 5.74) is 5.02. The van der Waals surface area contributed by atoms with Crippen molar-refractivity contribution >= 4 is 68.3 Å². The van der Waals surface area contributed by atoms with Gasteiger partial charge in [0, 0.05) is 35.4 Å². The van der Waals surface area contributed by atoms with E-state index in [-0.39, 0.29) is 11.4 Å². The molecule has 0 spiro atoms. The van der Waals surface area contributed by atoms with Crippen molar-refractivity contribution in [1.29, 1.82) is 0 Å². The third-order valence-corrected chi connectivity index (χ3v) is 5.96. The summed E-state index contributed by atoms with van der Waals surface area (Å²) in [6.07, 6.45) is 2.91. The van der Waals surface area contributed by atoms with Gasteiger partial charge in [-0.15, -0.1) is 0 Å². The summed E-state index contributed by atoms with van der Waals surface area (Å²) in [5.74, 6) is -0.979. The number of hydrogen-bond acceptors (Lipinski definition) is 5. The van der Waals surface area contributed by atoms with Crippen LogP contribution in [0.2, 0.25) is 0 Å². The van der Waals surface area contributed by atoms with E-state index >= 15 is 0 Å². The molecule has 3 aromatic carbocycles. The quantitative estimate of drug-likeness (QED) is 0.152. The fourth-order valence-corrected chi connectivity index (χ4v) is 4.43. The van der Waals surface area contributed by atoms with E-state index < -0.39 is 11.8 Å². The molecule has 3 rings (SSSR count). The van der Waals surface area contributed by atoms with Gasteiger partial charge in [0.15, 0.2) is 0 Å². The fourth-order valence-electron chi connectivity index (χ4n) is 2.88. The van der Waals surface area contributed by atoms with Crippen LogP contribution in [-0.4, -0.2) is 37.2 Å².